The summed E-state index contributed by atoms with van der Waals surface area (Å²) in [5.41, 5.74) is 1.13. The molecule has 0 spiro atoms. The fourth-order valence-corrected chi connectivity index (χ4v) is 6.28. The number of aliphatic hydroxyl groups excluding tert-OH is 1. The molecule has 1 saturated heterocycles. The monoisotopic (exact) mass is 571 g/mol. The molecule has 4 aromatic rings. The molecule has 1 atom stereocenters. The first-order chi connectivity index (χ1) is 17.8. The van der Waals surface area contributed by atoms with E-state index in [4.69, 9.17) is 23.2 Å². The number of benzene rings is 3. The largest absolute Gasteiger partial charge is 0.507 e. The van der Waals surface area contributed by atoms with Gasteiger partial charge in [-0.2, -0.15) is 0 Å². The third-order valence-electron chi connectivity index (χ3n) is 5.66. The van der Waals surface area contributed by atoms with Crippen molar-refractivity contribution in [3.63, 3.8) is 0 Å². The number of anilines is 1. The summed E-state index contributed by atoms with van der Waals surface area (Å²) in [4.78, 5) is 27.7. The maximum atomic E-state index is 14.0. The van der Waals surface area contributed by atoms with Crippen molar-refractivity contribution >= 4 is 68.9 Å². The van der Waals surface area contributed by atoms with E-state index in [2.05, 4.69) is 10.2 Å². The molecular formula is C26H16Cl2FN3O3S2. The van der Waals surface area contributed by atoms with Crippen LogP contribution in [0.5, 0.6) is 0 Å². The Bertz CT molecular complexity index is 1550. The number of carbonyl (C=O) groups excluding carboxylic acids is 2. The minimum atomic E-state index is -1.07. The second-order valence-corrected chi connectivity index (χ2v) is 11.0. The van der Waals surface area contributed by atoms with Crippen molar-refractivity contribution in [3.05, 3.63) is 111 Å². The summed E-state index contributed by atoms with van der Waals surface area (Å²) in [6, 6.07) is 18.5. The van der Waals surface area contributed by atoms with E-state index in [1.807, 2.05) is 0 Å². The van der Waals surface area contributed by atoms with Crippen LogP contribution in [0.1, 0.15) is 22.7 Å². The van der Waals surface area contributed by atoms with Gasteiger partial charge in [-0.3, -0.25) is 14.5 Å². The number of rotatable bonds is 6. The predicted octanol–water partition coefficient (Wildman–Crippen LogP) is 6.90. The predicted molar refractivity (Wildman–Crippen MR) is 144 cm³/mol. The van der Waals surface area contributed by atoms with Gasteiger partial charge in [-0.25, -0.2) is 4.39 Å². The SMILES string of the molecule is O=C1C(=O)N(c2nnc(SCc3ccccc3F)s2)C(c2ccc(Cl)cc2Cl)/C1=C(/O)c1ccccc1. The highest BCUT2D eigenvalue weighted by molar-refractivity contribution is 8.00. The Balaban J connectivity index is 1.57. The van der Waals surface area contributed by atoms with Gasteiger partial charge in [0.25, 0.3) is 5.78 Å². The normalized spacial score (nSPS) is 16.9. The molecule has 1 aliphatic heterocycles. The van der Waals surface area contributed by atoms with E-state index in [9.17, 15) is 19.1 Å². The molecule has 186 valence electrons. The molecule has 1 aromatic heterocycles. The third kappa shape index (κ3) is 5.00. The lowest BCUT2D eigenvalue weighted by Gasteiger charge is -2.23. The van der Waals surface area contributed by atoms with E-state index in [1.165, 1.54) is 28.8 Å². The highest BCUT2D eigenvalue weighted by atomic mass is 35.5. The summed E-state index contributed by atoms with van der Waals surface area (Å²) in [6.45, 7) is 0. The molecule has 3 aromatic carbocycles. The molecular weight excluding hydrogens is 556 g/mol. The van der Waals surface area contributed by atoms with Crippen LogP contribution in [0, 0.1) is 5.82 Å². The quantitative estimate of drug-likeness (QED) is 0.0890. The number of amides is 1. The van der Waals surface area contributed by atoms with Crippen LogP contribution in [0.15, 0.2) is 82.7 Å². The van der Waals surface area contributed by atoms with Crippen molar-refractivity contribution < 1.29 is 19.1 Å². The van der Waals surface area contributed by atoms with E-state index < -0.39 is 17.7 Å². The summed E-state index contributed by atoms with van der Waals surface area (Å²) in [5, 5.41) is 20.1. The smallest absolute Gasteiger partial charge is 0.301 e. The number of thioether (sulfide) groups is 1. The van der Waals surface area contributed by atoms with Gasteiger partial charge in [0, 0.05) is 21.4 Å². The van der Waals surface area contributed by atoms with Crippen molar-refractivity contribution in [1.29, 1.82) is 0 Å². The highest BCUT2D eigenvalue weighted by Crippen LogP contribution is 2.46. The van der Waals surface area contributed by atoms with Crippen molar-refractivity contribution in [1.82, 2.24) is 10.2 Å². The van der Waals surface area contributed by atoms with Crippen LogP contribution in [-0.2, 0) is 15.3 Å². The average molecular weight is 572 g/mol. The number of aromatic nitrogens is 2. The number of nitrogens with zero attached hydrogens (tertiary/aromatic N) is 3. The standard InChI is InChI=1S/C26H16Cl2FN3O3S2/c27-16-10-11-17(18(28)12-16)21-20(22(33)14-6-2-1-3-7-14)23(34)24(35)32(21)25-30-31-26(37-25)36-13-15-8-4-5-9-19(15)29/h1-12,21,33H,13H2/b22-20-. The molecule has 0 saturated carbocycles. The van der Waals surface area contributed by atoms with E-state index in [0.29, 0.717) is 31.8 Å². The molecule has 11 heteroatoms. The summed E-state index contributed by atoms with van der Waals surface area (Å²) >= 11 is 14.9. The van der Waals surface area contributed by atoms with Gasteiger partial charge in [-0.15, -0.1) is 10.2 Å². The number of aliphatic hydroxyl groups is 1. The van der Waals surface area contributed by atoms with Crippen LogP contribution in [0.25, 0.3) is 5.76 Å². The lowest BCUT2D eigenvalue weighted by Crippen LogP contribution is -2.29. The summed E-state index contributed by atoms with van der Waals surface area (Å²) < 4.78 is 14.5. The number of ketones is 1. The van der Waals surface area contributed by atoms with E-state index >= 15 is 0 Å². The summed E-state index contributed by atoms with van der Waals surface area (Å²) in [5.74, 6) is -2.12. The minimum Gasteiger partial charge on any atom is -0.507 e. The van der Waals surface area contributed by atoms with Gasteiger partial charge < -0.3 is 5.11 Å². The molecule has 2 heterocycles. The number of carbonyl (C=O) groups is 2. The van der Waals surface area contributed by atoms with Crippen LogP contribution >= 0.6 is 46.3 Å². The van der Waals surface area contributed by atoms with Gasteiger partial charge in [0.1, 0.15) is 11.6 Å². The molecule has 1 aliphatic rings. The van der Waals surface area contributed by atoms with Gasteiger partial charge in [0.15, 0.2) is 4.34 Å². The molecule has 5 rings (SSSR count). The molecule has 0 bridgehead atoms. The van der Waals surface area contributed by atoms with E-state index in [1.54, 1.807) is 60.7 Å². The Morgan fingerprint density at radius 2 is 1.76 bits per heavy atom. The molecule has 1 unspecified atom stereocenters. The molecule has 0 radical (unpaired) electrons. The molecule has 1 amide bonds. The lowest BCUT2D eigenvalue weighted by atomic mass is 9.95. The second kappa shape index (κ2) is 10.6. The lowest BCUT2D eigenvalue weighted by molar-refractivity contribution is -0.132. The number of Topliss-reactive ketones (excluding diaryl/α,β-unsaturated/α-hetero) is 1. The molecule has 0 aliphatic carbocycles. The van der Waals surface area contributed by atoms with E-state index in [0.717, 1.165) is 11.3 Å². The molecule has 1 fully saturated rings. The Kier molecular flexibility index (Phi) is 7.30. The Labute approximate surface area is 229 Å². The fraction of sp³-hybridized carbons (Fsp3) is 0.0769. The van der Waals surface area contributed by atoms with Crippen LogP contribution in [0.2, 0.25) is 10.0 Å². The number of hydrogen-bond donors (Lipinski definition) is 1. The van der Waals surface area contributed by atoms with E-state index in [-0.39, 0.29) is 27.3 Å². The first-order valence-corrected chi connectivity index (χ1v) is 13.4. The van der Waals surface area contributed by atoms with Crippen molar-refractivity contribution in [2.45, 2.75) is 16.1 Å². The topological polar surface area (TPSA) is 83.4 Å². The number of halogens is 3. The Morgan fingerprint density at radius 3 is 2.49 bits per heavy atom. The zero-order valence-corrected chi connectivity index (χ0v) is 21.9. The van der Waals surface area contributed by atoms with Crippen molar-refractivity contribution in [2.24, 2.45) is 0 Å². The zero-order chi connectivity index (χ0) is 26.1. The molecule has 6 nitrogen and oxygen atoms in total. The van der Waals surface area contributed by atoms with Crippen LogP contribution < -0.4 is 4.90 Å². The Morgan fingerprint density at radius 1 is 1.03 bits per heavy atom. The Hall–Kier alpha value is -3.24. The first kappa shape index (κ1) is 25.4. The number of hydrogen-bond acceptors (Lipinski definition) is 7. The third-order valence-corrected chi connectivity index (χ3v) is 8.33. The van der Waals surface area contributed by atoms with Crippen molar-refractivity contribution in [2.75, 3.05) is 4.90 Å². The average Bonchev–Trinajstić information content (AvgIpc) is 3.46. The van der Waals surface area contributed by atoms with Crippen LogP contribution in [0.4, 0.5) is 9.52 Å². The van der Waals surface area contributed by atoms with Gasteiger partial charge in [-0.05, 0) is 29.3 Å². The van der Waals surface area contributed by atoms with Gasteiger partial charge >= 0.3 is 5.91 Å². The van der Waals surface area contributed by atoms with Gasteiger partial charge in [0.2, 0.25) is 5.13 Å². The second-order valence-electron chi connectivity index (χ2n) is 7.93. The maximum absolute atomic E-state index is 14.0. The fourth-order valence-electron chi connectivity index (χ4n) is 3.91. The molecule has 37 heavy (non-hydrogen) atoms. The summed E-state index contributed by atoms with van der Waals surface area (Å²) in [7, 11) is 0. The van der Waals surface area contributed by atoms with Crippen LogP contribution in [0.3, 0.4) is 0 Å². The highest BCUT2D eigenvalue weighted by Gasteiger charge is 2.49. The van der Waals surface area contributed by atoms with Crippen molar-refractivity contribution in [3.8, 4) is 0 Å². The minimum absolute atomic E-state index is 0.129. The first-order valence-electron chi connectivity index (χ1n) is 10.9. The summed E-state index contributed by atoms with van der Waals surface area (Å²) in [6.07, 6.45) is 0. The zero-order valence-electron chi connectivity index (χ0n) is 18.8. The van der Waals surface area contributed by atoms with Gasteiger partial charge in [0.05, 0.1) is 11.6 Å². The molecule has 1 N–H and O–H groups in total. The van der Waals surface area contributed by atoms with Gasteiger partial charge in [-0.1, -0.05) is 101 Å². The van der Waals surface area contributed by atoms with Crippen LogP contribution in [-0.4, -0.2) is 27.0 Å². The maximum Gasteiger partial charge on any atom is 0.301 e.